The van der Waals surface area contributed by atoms with Gasteiger partial charge in [-0.25, -0.2) is 0 Å². The van der Waals surface area contributed by atoms with Crippen LogP contribution in [-0.4, -0.2) is 16.1 Å². The van der Waals surface area contributed by atoms with Crippen LogP contribution in [0.5, 0.6) is 0 Å². The van der Waals surface area contributed by atoms with Crippen molar-refractivity contribution >= 4 is 186 Å². The lowest BCUT2D eigenvalue weighted by atomic mass is 10.0. The van der Waals surface area contributed by atoms with Crippen molar-refractivity contribution in [2.45, 2.75) is 0 Å². The van der Waals surface area contributed by atoms with Crippen molar-refractivity contribution in [1.82, 2.24) is 0 Å². The van der Waals surface area contributed by atoms with Gasteiger partial charge in [-0.3, -0.25) is 0 Å². The molecule has 9 heteroatoms. The monoisotopic (exact) mass is 1560 g/mol. The first-order chi connectivity index (χ1) is 51.4. The molecule has 0 spiro atoms. The van der Waals surface area contributed by atoms with Gasteiger partial charge in [0.05, 0.1) is 0 Å². The van der Waals surface area contributed by atoms with Gasteiger partial charge in [0.2, 0.25) is 0 Å². The van der Waals surface area contributed by atoms with Crippen molar-refractivity contribution < 1.29 is 13.3 Å². The molecule has 0 saturated carbocycles. The number of fused-ring (bicyclic) bond motifs is 9. The van der Waals surface area contributed by atoms with Crippen molar-refractivity contribution in [2.75, 3.05) is 10.6 Å². The van der Waals surface area contributed by atoms with E-state index in [2.05, 4.69) is 361 Å². The van der Waals surface area contributed by atoms with Crippen molar-refractivity contribution in [3.8, 4) is 22.3 Å². The molecule has 0 atom stereocenters. The Morgan fingerprint density at radius 1 is 0.219 bits per heavy atom. The molecule has 19 aromatic rings. The highest BCUT2D eigenvalue weighted by molar-refractivity contribution is 14.0. The summed E-state index contributed by atoms with van der Waals surface area (Å²) in [5.41, 5.74) is 19.8. The van der Waals surface area contributed by atoms with Crippen LogP contribution in [0, 0.1) is 0 Å². The molecule has 0 saturated heterocycles. The maximum absolute atomic E-state index is 6.38. The Hall–Kier alpha value is -11.8. The third kappa shape index (κ3) is 13.0. The van der Waals surface area contributed by atoms with E-state index in [-0.39, 0.29) is 24.0 Å². The van der Waals surface area contributed by atoms with E-state index in [1.165, 1.54) is 69.0 Å². The van der Waals surface area contributed by atoms with Gasteiger partial charge in [0, 0.05) is 71.7 Å². The zero-order valence-electron chi connectivity index (χ0n) is 57.2. The molecule has 504 valence electrons. The van der Waals surface area contributed by atoms with Crippen molar-refractivity contribution in [3.05, 3.63) is 411 Å². The fourth-order valence-electron chi connectivity index (χ4n) is 15.3. The molecule has 0 fully saturated rings. The number of hydrogen-bond acceptors (Lipinski definition) is 5. The molecule has 0 aliphatic heterocycles. The third-order valence-corrected chi connectivity index (χ3v) is 30.2. The number of halogens is 2. The van der Waals surface area contributed by atoms with Gasteiger partial charge in [0.1, 0.15) is 33.5 Å². The van der Waals surface area contributed by atoms with Gasteiger partial charge < -0.3 is 23.9 Å². The minimum atomic E-state index is -2.61. The summed E-state index contributed by atoms with van der Waals surface area (Å²) in [5, 5.41) is 17.8. The second-order valence-electron chi connectivity index (χ2n) is 26.2. The van der Waals surface area contributed by atoms with Crippen LogP contribution in [-0.2, 0) is 0 Å². The third-order valence-electron chi connectivity index (χ3n) is 20.2. The summed E-state index contributed by atoms with van der Waals surface area (Å²) < 4.78 is 19.5. The summed E-state index contributed by atoms with van der Waals surface area (Å²) >= 11 is 3.43. The van der Waals surface area contributed by atoms with Gasteiger partial charge in [0.25, 0.3) is 0 Å². The van der Waals surface area contributed by atoms with Crippen molar-refractivity contribution in [2.24, 2.45) is 0 Å². The molecule has 0 unspecified atom stereocenters. The van der Waals surface area contributed by atoms with E-state index in [0.717, 1.165) is 87.8 Å². The lowest BCUT2D eigenvalue weighted by molar-refractivity contribution is 0.668. The number of furan rings is 3. The Labute approximate surface area is 637 Å². The van der Waals surface area contributed by atoms with E-state index in [1.54, 1.807) is 0 Å². The van der Waals surface area contributed by atoms with Crippen molar-refractivity contribution in [3.63, 3.8) is 0 Å². The molecule has 19 rings (SSSR count). The number of rotatable bonds is 13. The number of nitrogen functional groups attached to an aromatic ring is 1. The first kappa shape index (κ1) is 67.6. The Morgan fingerprint density at radius 2 is 0.457 bits per heavy atom. The number of benzene rings is 16. The molecule has 0 bridgehead atoms. The molecule has 0 aliphatic rings. The predicted molar refractivity (Wildman–Crippen MR) is 461 cm³/mol. The largest absolute Gasteiger partial charge is 0.456 e. The molecular weight excluding hydrogens is 1490 g/mol. The molecule has 0 aliphatic carbocycles. The molecule has 105 heavy (non-hydrogen) atoms. The summed E-state index contributed by atoms with van der Waals surface area (Å²) in [7, 11) is -5.06. The van der Waals surface area contributed by atoms with Gasteiger partial charge in [-0.1, -0.05) is 325 Å². The van der Waals surface area contributed by atoms with E-state index in [1.807, 2.05) is 66.7 Å². The summed E-state index contributed by atoms with van der Waals surface area (Å²) in [4.78, 5) is 2.28. The van der Waals surface area contributed by atoms with Gasteiger partial charge in [-0.15, -0.1) is 24.0 Å². The van der Waals surface area contributed by atoms with Crippen LogP contribution in [0.3, 0.4) is 0 Å². The SMILES string of the molecule is Brc1ccc2c(c1)oc1ccccc12.I.Nc1ccc(-c2ccc([Si](c3ccccc3)(c3ccccc3)c3ccccc3)cc2)cc1.c1ccc([Si](c2ccccc2)(c2ccccc2)c2ccc(-c3ccc(N(c4ccc5c(c4)oc4ccccc45)c4ccc5c(c4)oc4ccccc45)cc3)cc2)cc1. The Morgan fingerprint density at radius 3 is 0.781 bits per heavy atom. The Balaban J connectivity index is 0.000000149. The first-order valence-electron chi connectivity index (χ1n) is 35.1. The van der Waals surface area contributed by atoms with Crippen LogP contribution in [0.25, 0.3) is 88.1 Å². The average Bonchev–Trinajstić information content (AvgIpc) is 1.74. The van der Waals surface area contributed by atoms with Gasteiger partial charge >= 0.3 is 0 Å². The standard InChI is InChI=1S/C54H37NO2Si.C30H25NSi.C12H7BrO.HI/c1-4-14-43(15-5-1)58(44-16-6-2-7-17-44,45-18-8-3-9-19-45)46-32-26-39(27-33-46)38-24-28-40(29-25-38)55(41-30-34-49-47-20-10-12-22-51(47)56-53(49)36-41)42-31-35-50-48-21-11-13-23-52(48)57-54(50)37-42;31-26-20-16-24(17-21-26)25-18-22-30(23-19-25)32(27-10-4-1-5-11-27,28-12-6-2-7-13-28)29-14-8-3-9-15-29;13-8-5-6-10-9-3-1-2-4-11(9)14-12(10)7-8;/h1-37H;1-23H,31H2;1-7H;1H. The maximum Gasteiger partial charge on any atom is 0.179 e. The molecule has 3 aromatic heterocycles. The summed E-state index contributed by atoms with van der Waals surface area (Å²) in [6, 6.07) is 145. The molecule has 16 aromatic carbocycles. The van der Waals surface area contributed by atoms with Gasteiger partial charge in [-0.2, -0.15) is 0 Å². The lowest BCUT2D eigenvalue weighted by Gasteiger charge is -2.34. The maximum atomic E-state index is 6.38. The number of nitrogens with zero attached hydrogens (tertiary/aromatic N) is 1. The van der Waals surface area contributed by atoms with Crippen molar-refractivity contribution in [1.29, 1.82) is 0 Å². The Bertz CT molecular complexity index is 5860. The van der Waals surface area contributed by atoms with Crippen LogP contribution in [0.4, 0.5) is 22.7 Å². The Kier molecular flexibility index (Phi) is 19.2. The van der Waals surface area contributed by atoms with Crippen LogP contribution in [0.15, 0.2) is 424 Å². The van der Waals surface area contributed by atoms with Crippen LogP contribution in [0.1, 0.15) is 0 Å². The van der Waals surface area contributed by atoms with E-state index in [0.29, 0.717) is 0 Å². The number of nitrogens with two attached hydrogens (primary N) is 1. The highest BCUT2D eigenvalue weighted by atomic mass is 127. The molecular formula is C96H70BrIN2O3Si2. The summed E-state index contributed by atoms with van der Waals surface area (Å²) in [6.45, 7) is 0. The topological polar surface area (TPSA) is 68.7 Å². The van der Waals surface area contributed by atoms with Crippen LogP contribution >= 0.6 is 39.9 Å². The van der Waals surface area contributed by atoms with E-state index in [4.69, 9.17) is 19.0 Å². The normalized spacial score (nSPS) is 11.4. The van der Waals surface area contributed by atoms with Crippen LogP contribution < -0.4 is 52.1 Å². The summed E-state index contributed by atoms with van der Waals surface area (Å²) in [5.74, 6) is 0. The number of para-hydroxylation sites is 3. The second kappa shape index (κ2) is 29.9. The van der Waals surface area contributed by atoms with E-state index in [9.17, 15) is 0 Å². The van der Waals surface area contributed by atoms with Gasteiger partial charge in [0.15, 0.2) is 16.1 Å². The molecule has 0 amide bonds. The number of anilines is 4. The second-order valence-corrected chi connectivity index (χ2v) is 34.7. The fraction of sp³-hybridized carbons (Fsp3) is 0. The molecule has 3 heterocycles. The minimum absolute atomic E-state index is 0. The van der Waals surface area contributed by atoms with Crippen LogP contribution in [0.2, 0.25) is 0 Å². The zero-order chi connectivity index (χ0) is 69.8. The molecule has 5 nitrogen and oxygen atoms in total. The minimum Gasteiger partial charge on any atom is -0.456 e. The summed E-state index contributed by atoms with van der Waals surface area (Å²) in [6.07, 6.45) is 0. The predicted octanol–water partition coefficient (Wildman–Crippen LogP) is 21.3. The van der Waals surface area contributed by atoms with E-state index < -0.39 is 16.1 Å². The smallest absolute Gasteiger partial charge is 0.179 e. The highest BCUT2D eigenvalue weighted by Gasteiger charge is 2.42. The fourth-order valence-corrected chi connectivity index (χ4v) is 25.1. The quantitative estimate of drug-likeness (QED) is 0.0539. The molecule has 2 N–H and O–H groups in total. The number of hydrogen-bond donors (Lipinski definition) is 1. The van der Waals surface area contributed by atoms with Gasteiger partial charge in [-0.05, 0) is 149 Å². The average molecular weight is 1560 g/mol. The molecule has 0 radical (unpaired) electrons. The highest BCUT2D eigenvalue weighted by Crippen LogP contribution is 2.42. The zero-order valence-corrected chi connectivity index (χ0v) is 63.1. The lowest BCUT2D eigenvalue weighted by Crippen LogP contribution is -2.74. The first-order valence-corrected chi connectivity index (χ1v) is 39.9. The van der Waals surface area contributed by atoms with E-state index >= 15 is 0 Å².